The lowest BCUT2D eigenvalue weighted by molar-refractivity contribution is -0.135. The highest BCUT2D eigenvalue weighted by Crippen LogP contribution is 2.09. The van der Waals surface area contributed by atoms with Gasteiger partial charge in [0.2, 0.25) is 41.4 Å². The molecule has 0 aromatic rings. The molecule has 1 aliphatic rings. The number of aliphatic hydroxyl groups excluding tert-OH is 1. The average Bonchev–Trinajstić information content (AvgIpc) is 3.00. The van der Waals surface area contributed by atoms with Gasteiger partial charge in [-0.25, -0.2) is 0 Å². The lowest BCUT2D eigenvalue weighted by Crippen LogP contribution is -2.60. The van der Waals surface area contributed by atoms with E-state index in [0.717, 1.165) is 0 Å². The van der Waals surface area contributed by atoms with Crippen molar-refractivity contribution in [3.8, 4) is 0 Å². The molecule has 0 aromatic carbocycles. The summed E-state index contributed by atoms with van der Waals surface area (Å²) in [5, 5.41) is 28.2. The number of hydrogen-bond acceptors (Lipinski definition) is 10. The first-order valence-corrected chi connectivity index (χ1v) is 16.4. The summed E-state index contributed by atoms with van der Waals surface area (Å²) in [6, 6.07) is -5.72. The van der Waals surface area contributed by atoms with E-state index in [1.165, 1.54) is 6.92 Å². The lowest BCUT2D eigenvalue weighted by Gasteiger charge is -2.27. The summed E-state index contributed by atoms with van der Waals surface area (Å²) in [5.74, 6) is -4.62. The van der Waals surface area contributed by atoms with Crippen LogP contribution in [0.2, 0.25) is 0 Å². The Morgan fingerprint density at radius 3 is 1.77 bits per heavy atom. The van der Waals surface area contributed by atoms with Gasteiger partial charge in [-0.15, -0.1) is 0 Å². The number of amides is 7. The fourth-order valence-electron chi connectivity index (χ4n) is 4.83. The van der Waals surface area contributed by atoms with Gasteiger partial charge in [0.15, 0.2) is 0 Å². The Labute approximate surface area is 276 Å². The van der Waals surface area contributed by atoms with Gasteiger partial charge < -0.3 is 53.8 Å². The van der Waals surface area contributed by atoms with Crippen molar-refractivity contribution in [3.63, 3.8) is 0 Å². The van der Waals surface area contributed by atoms with E-state index in [9.17, 15) is 38.7 Å². The van der Waals surface area contributed by atoms with Gasteiger partial charge in [-0.1, -0.05) is 33.6 Å². The third-order valence-corrected chi connectivity index (χ3v) is 7.40. The van der Waals surface area contributed by atoms with E-state index in [4.69, 9.17) is 11.5 Å². The smallest absolute Gasteiger partial charge is 0.245 e. The summed E-state index contributed by atoms with van der Waals surface area (Å²) in [6.07, 6.45) is 0.591. The van der Waals surface area contributed by atoms with Gasteiger partial charge in [0, 0.05) is 13.0 Å². The molecule has 17 nitrogen and oxygen atoms in total. The minimum absolute atomic E-state index is 0.00181. The van der Waals surface area contributed by atoms with Crippen LogP contribution in [0.3, 0.4) is 0 Å². The summed E-state index contributed by atoms with van der Waals surface area (Å²) in [5.41, 5.74) is 11.3. The van der Waals surface area contributed by atoms with Crippen LogP contribution in [0.15, 0.2) is 0 Å². The van der Waals surface area contributed by atoms with Crippen molar-refractivity contribution >= 4 is 41.4 Å². The zero-order valence-corrected chi connectivity index (χ0v) is 28.0. The van der Waals surface area contributed by atoms with Gasteiger partial charge in [0.25, 0.3) is 0 Å². The van der Waals surface area contributed by atoms with Crippen LogP contribution in [0.4, 0.5) is 0 Å². The number of unbranched alkanes of at least 4 members (excludes halogenated alkanes) is 1. The molecule has 1 heterocycles. The SMILES string of the molecule is CCCCC1NC(=O)C(CC(C)C)NC(=O)CNC(=O)C(CCN)NC(=O)CCCNC(=O)C([C@@H](C)O)NC(=O)C(CCN)NC1=O. The van der Waals surface area contributed by atoms with E-state index in [2.05, 4.69) is 37.2 Å². The molecule has 1 fully saturated rings. The van der Waals surface area contributed by atoms with Gasteiger partial charge in [-0.05, 0) is 58.0 Å². The fourth-order valence-corrected chi connectivity index (χ4v) is 4.83. The van der Waals surface area contributed by atoms with Gasteiger partial charge in [0.1, 0.15) is 30.2 Å². The van der Waals surface area contributed by atoms with Crippen LogP contribution < -0.4 is 48.7 Å². The second-order valence-corrected chi connectivity index (χ2v) is 12.1. The number of carbonyl (C=O) groups excluding carboxylic acids is 7. The number of rotatable bonds is 10. The molecule has 1 saturated heterocycles. The van der Waals surface area contributed by atoms with Crippen molar-refractivity contribution in [2.75, 3.05) is 26.2 Å². The van der Waals surface area contributed by atoms with Crippen molar-refractivity contribution in [2.45, 2.75) is 115 Å². The molecular weight excluding hydrogens is 614 g/mol. The van der Waals surface area contributed by atoms with E-state index >= 15 is 0 Å². The number of hydrogen-bond donors (Lipinski definition) is 10. The van der Waals surface area contributed by atoms with Crippen LogP contribution in [-0.4, -0.2) is 109 Å². The highest BCUT2D eigenvalue weighted by molar-refractivity contribution is 5.96. The average molecular weight is 670 g/mol. The van der Waals surface area contributed by atoms with Crippen molar-refractivity contribution in [3.05, 3.63) is 0 Å². The summed E-state index contributed by atoms with van der Waals surface area (Å²) in [4.78, 5) is 91.2. The van der Waals surface area contributed by atoms with Gasteiger partial charge in [0.05, 0.1) is 12.6 Å². The summed E-state index contributed by atoms with van der Waals surface area (Å²) < 4.78 is 0. The highest BCUT2D eigenvalue weighted by Gasteiger charge is 2.32. The first-order chi connectivity index (χ1) is 22.2. The maximum Gasteiger partial charge on any atom is 0.245 e. The molecule has 0 aliphatic carbocycles. The van der Waals surface area contributed by atoms with Gasteiger partial charge in [-0.3, -0.25) is 33.6 Å². The molecule has 12 N–H and O–H groups in total. The maximum absolute atomic E-state index is 13.4. The Balaban J connectivity index is 3.40. The minimum Gasteiger partial charge on any atom is -0.391 e. The van der Waals surface area contributed by atoms with E-state index in [-0.39, 0.29) is 64.1 Å². The maximum atomic E-state index is 13.4. The zero-order chi connectivity index (χ0) is 35.5. The molecule has 0 saturated carbocycles. The largest absolute Gasteiger partial charge is 0.391 e. The Hall–Kier alpha value is -3.83. The molecule has 0 radical (unpaired) electrons. The minimum atomic E-state index is -1.39. The van der Waals surface area contributed by atoms with Crippen molar-refractivity contribution < 1.29 is 38.7 Å². The first kappa shape index (κ1) is 41.2. The van der Waals surface area contributed by atoms with E-state index < -0.39 is 84.2 Å². The number of nitrogens with one attached hydrogen (secondary N) is 7. The summed E-state index contributed by atoms with van der Waals surface area (Å²) in [6.45, 7) is 6.52. The normalized spacial score (nSPS) is 25.8. The van der Waals surface area contributed by atoms with Crippen LogP contribution >= 0.6 is 0 Å². The monoisotopic (exact) mass is 669 g/mol. The molecule has 0 bridgehead atoms. The van der Waals surface area contributed by atoms with Gasteiger partial charge >= 0.3 is 0 Å². The Morgan fingerprint density at radius 2 is 1.21 bits per heavy atom. The molecule has 47 heavy (non-hydrogen) atoms. The Kier molecular flexibility index (Phi) is 19.2. The van der Waals surface area contributed by atoms with Crippen LogP contribution in [0, 0.1) is 5.92 Å². The highest BCUT2D eigenvalue weighted by atomic mass is 16.3. The Morgan fingerprint density at radius 1 is 0.681 bits per heavy atom. The molecule has 1 rings (SSSR count). The molecule has 268 valence electrons. The van der Waals surface area contributed by atoms with Crippen molar-refractivity contribution in [1.29, 1.82) is 0 Å². The summed E-state index contributed by atoms with van der Waals surface area (Å²) in [7, 11) is 0. The quantitative estimate of drug-likeness (QED) is 0.111. The third-order valence-electron chi connectivity index (χ3n) is 7.40. The molecule has 6 atom stereocenters. The molecule has 0 aromatic heterocycles. The topological polar surface area (TPSA) is 276 Å². The van der Waals surface area contributed by atoms with Crippen LogP contribution in [-0.2, 0) is 33.6 Å². The van der Waals surface area contributed by atoms with Crippen LogP contribution in [0.5, 0.6) is 0 Å². The molecular formula is C30H55N9O8. The molecule has 17 heteroatoms. The van der Waals surface area contributed by atoms with E-state index in [1.54, 1.807) is 0 Å². The summed E-state index contributed by atoms with van der Waals surface area (Å²) >= 11 is 0. The van der Waals surface area contributed by atoms with Gasteiger partial charge in [-0.2, -0.15) is 0 Å². The van der Waals surface area contributed by atoms with E-state index in [1.807, 2.05) is 20.8 Å². The lowest BCUT2D eigenvalue weighted by atomic mass is 10.0. The number of carbonyl (C=O) groups is 7. The standard InChI is InChI=1S/C30H55N9O8/c1-5-6-8-19-27(44)38-21(11-13-32)28(45)39-25(18(4)40)30(47)33-14-7-9-23(41)35-20(10-12-31)26(43)34-16-24(42)36-22(15-17(2)3)29(46)37-19/h17-22,25,40H,5-16,31-32H2,1-4H3,(H,33,47)(H,34,43)(H,35,41)(H,36,42)(H,37,46)(H,38,44)(H,39,45)/t18-,19?,20?,21?,22?,25?/m1/s1. The molecule has 1 aliphatic heterocycles. The van der Waals surface area contributed by atoms with Crippen LogP contribution in [0.1, 0.15) is 79.1 Å². The van der Waals surface area contributed by atoms with Crippen molar-refractivity contribution in [2.24, 2.45) is 17.4 Å². The van der Waals surface area contributed by atoms with E-state index in [0.29, 0.717) is 12.8 Å². The second-order valence-electron chi connectivity index (χ2n) is 12.1. The molecule has 5 unspecified atom stereocenters. The zero-order valence-electron chi connectivity index (χ0n) is 28.0. The van der Waals surface area contributed by atoms with Crippen LogP contribution in [0.25, 0.3) is 0 Å². The number of nitrogens with two attached hydrogens (primary N) is 2. The predicted molar refractivity (Wildman–Crippen MR) is 173 cm³/mol. The molecule has 0 spiro atoms. The first-order valence-electron chi connectivity index (χ1n) is 16.4. The van der Waals surface area contributed by atoms with Crippen molar-refractivity contribution in [1.82, 2.24) is 37.2 Å². The molecule has 7 amide bonds. The predicted octanol–water partition coefficient (Wildman–Crippen LogP) is -3.25. The Bertz CT molecular complexity index is 1070. The number of aliphatic hydroxyl groups is 1. The fraction of sp³-hybridized carbons (Fsp3) is 0.767. The third kappa shape index (κ3) is 15.5. The second kappa shape index (κ2) is 21.9.